The highest BCUT2D eigenvalue weighted by atomic mass is 16.5. The van der Waals surface area contributed by atoms with Crippen molar-refractivity contribution >= 4 is 17.5 Å². The second-order valence-electron chi connectivity index (χ2n) is 7.30. The van der Waals surface area contributed by atoms with Crippen molar-refractivity contribution in [3.8, 4) is 11.5 Å². The predicted octanol–water partition coefficient (Wildman–Crippen LogP) is 3.30. The third-order valence-corrected chi connectivity index (χ3v) is 4.64. The van der Waals surface area contributed by atoms with Gasteiger partial charge in [0, 0.05) is 37.1 Å². The summed E-state index contributed by atoms with van der Waals surface area (Å²) in [5, 5.41) is 6.29. The van der Waals surface area contributed by atoms with Crippen molar-refractivity contribution < 1.29 is 9.47 Å². The molecule has 0 radical (unpaired) electrons. The molecule has 0 aliphatic heterocycles. The maximum Gasteiger partial charge on any atom is 0.229 e. The Bertz CT molecular complexity index is 775. The highest BCUT2D eigenvalue weighted by Crippen LogP contribution is 2.37. The standard InChI is InChI=1S/C20H29N5O2/c1-13-8-19(21-2)24-20(22-13)23-15-6-7-17(26-5)18(11-15)27-16-9-14(10-16)12-25(3)4/h6-8,11,14,16H,9-10,12H2,1-5H3,(H2,21,22,23,24)/t14-,16+. The van der Waals surface area contributed by atoms with E-state index in [1.807, 2.05) is 38.2 Å². The lowest BCUT2D eigenvalue weighted by molar-refractivity contribution is 0.0495. The number of nitrogens with one attached hydrogen (secondary N) is 2. The second-order valence-corrected chi connectivity index (χ2v) is 7.30. The first kappa shape index (κ1) is 19.2. The van der Waals surface area contributed by atoms with E-state index in [9.17, 15) is 0 Å². The molecule has 1 aromatic carbocycles. The Morgan fingerprint density at radius 2 is 1.93 bits per heavy atom. The molecule has 2 N–H and O–H groups in total. The summed E-state index contributed by atoms with van der Waals surface area (Å²) in [5.74, 6) is 3.51. The van der Waals surface area contributed by atoms with E-state index in [-0.39, 0.29) is 6.10 Å². The average Bonchev–Trinajstić information content (AvgIpc) is 2.59. The van der Waals surface area contributed by atoms with Gasteiger partial charge in [-0.3, -0.25) is 0 Å². The van der Waals surface area contributed by atoms with Crippen molar-refractivity contribution in [1.82, 2.24) is 14.9 Å². The van der Waals surface area contributed by atoms with Crippen molar-refractivity contribution in [1.29, 1.82) is 0 Å². The summed E-state index contributed by atoms with van der Waals surface area (Å²) < 4.78 is 11.7. The number of methoxy groups -OCH3 is 1. The van der Waals surface area contributed by atoms with Gasteiger partial charge < -0.3 is 25.0 Å². The Morgan fingerprint density at radius 1 is 1.15 bits per heavy atom. The molecule has 0 unspecified atom stereocenters. The van der Waals surface area contributed by atoms with Crippen LogP contribution in [0.15, 0.2) is 24.3 Å². The molecule has 2 aromatic rings. The molecule has 1 aliphatic rings. The lowest BCUT2D eigenvalue weighted by Gasteiger charge is -2.37. The van der Waals surface area contributed by atoms with Gasteiger partial charge in [0.1, 0.15) is 5.82 Å². The summed E-state index contributed by atoms with van der Waals surface area (Å²) in [6, 6.07) is 7.69. The summed E-state index contributed by atoms with van der Waals surface area (Å²) in [7, 11) is 7.72. The molecular formula is C20H29N5O2. The Labute approximate surface area is 161 Å². The number of hydrogen-bond donors (Lipinski definition) is 2. The molecule has 1 aromatic heterocycles. The van der Waals surface area contributed by atoms with Gasteiger partial charge in [0.15, 0.2) is 11.5 Å². The zero-order chi connectivity index (χ0) is 19.4. The average molecular weight is 371 g/mol. The van der Waals surface area contributed by atoms with Crippen LogP contribution in [0.2, 0.25) is 0 Å². The third kappa shape index (κ3) is 5.01. The minimum atomic E-state index is 0.241. The van der Waals surface area contributed by atoms with Gasteiger partial charge in [0.25, 0.3) is 0 Å². The van der Waals surface area contributed by atoms with E-state index in [0.717, 1.165) is 48.1 Å². The minimum absolute atomic E-state index is 0.241. The summed E-state index contributed by atoms with van der Waals surface area (Å²) >= 11 is 0. The number of rotatable bonds is 8. The van der Waals surface area contributed by atoms with Crippen LogP contribution >= 0.6 is 0 Å². The first-order valence-electron chi connectivity index (χ1n) is 9.26. The smallest absolute Gasteiger partial charge is 0.229 e. The van der Waals surface area contributed by atoms with Crippen molar-refractivity contribution in [2.75, 3.05) is 45.4 Å². The Hall–Kier alpha value is -2.54. The van der Waals surface area contributed by atoms with E-state index in [0.29, 0.717) is 11.9 Å². The van der Waals surface area contributed by atoms with Gasteiger partial charge in [0.2, 0.25) is 5.95 Å². The van der Waals surface area contributed by atoms with Crippen molar-refractivity contribution in [3.63, 3.8) is 0 Å². The molecule has 0 atom stereocenters. The number of nitrogens with zero attached hydrogens (tertiary/aromatic N) is 3. The number of aromatic nitrogens is 2. The molecule has 0 saturated heterocycles. The van der Waals surface area contributed by atoms with Crippen LogP contribution in [0, 0.1) is 12.8 Å². The van der Waals surface area contributed by atoms with Crippen molar-refractivity contribution in [2.45, 2.75) is 25.9 Å². The maximum absolute atomic E-state index is 6.19. The fraction of sp³-hybridized carbons (Fsp3) is 0.500. The van der Waals surface area contributed by atoms with Crippen molar-refractivity contribution in [2.24, 2.45) is 5.92 Å². The molecular weight excluding hydrogens is 342 g/mol. The van der Waals surface area contributed by atoms with Gasteiger partial charge in [-0.2, -0.15) is 4.98 Å². The van der Waals surface area contributed by atoms with Crippen molar-refractivity contribution in [3.05, 3.63) is 30.0 Å². The number of hydrogen-bond acceptors (Lipinski definition) is 7. The Balaban J connectivity index is 1.69. The molecule has 0 spiro atoms. The lowest BCUT2D eigenvalue weighted by Crippen LogP contribution is -2.39. The first-order chi connectivity index (χ1) is 13.0. The van der Waals surface area contributed by atoms with Gasteiger partial charge in [-0.05, 0) is 51.9 Å². The largest absolute Gasteiger partial charge is 0.493 e. The number of anilines is 3. The van der Waals surface area contributed by atoms with E-state index < -0.39 is 0 Å². The van der Waals surface area contributed by atoms with Crippen LogP contribution < -0.4 is 20.1 Å². The molecule has 0 amide bonds. The Kier molecular flexibility index (Phi) is 6.01. The van der Waals surface area contributed by atoms with Gasteiger partial charge >= 0.3 is 0 Å². The van der Waals surface area contributed by atoms with E-state index in [4.69, 9.17) is 9.47 Å². The van der Waals surface area contributed by atoms with E-state index in [1.165, 1.54) is 0 Å². The summed E-state index contributed by atoms with van der Waals surface area (Å²) in [5.41, 5.74) is 1.76. The number of benzene rings is 1. The monoisotopic (exact) mass is 371 g/mol. The van der Waals surface area contributed by atoms with Gasteiger partial charge in [-0.25, -0.2) is 4.98 Å². The fourth-order valence-corrected chi connectivity index (χ4v) is 3.34. The van der Waals surface area contributed by atoms with Gasteiger partial charge in [-0.15, -0.1) is 0 Å². The topological polar surface area (TPSA) is 71.5 Å². The second kappa shape index (κ2) is 8.43. The SMILES string of the molecule is CNc1cc(C)nc(Nc2ccc(OC)c(O[C@H]3C[C@@H](CN(C)C)C3)c2)n1. The predicted molar refractivity (Wildman–Crippen MR) is 108 cm³/mol. The van der Waals surface area contributed by atoms with E-state index >= 15 is 0 Å². The molecule has 7 heteroatoms. The Morgan fingerprint density at radius 3 is 2.59 bits per heavy atom. The summed E-state index contributed by atoms with van der Waals surface area (Å²) in [6.45, 7) is 3.05. The maximum atomic E-state index is 6.19. The molecule has 146 valence electrons. The normalized spacial score (nSPS) is 18.7. The van der Waals surface area contributed by atoms with Gasteiger partial charge in [0.05, 0.1) is 13.2 Å². The highest BCUT2D eigenvalue weighted by Gasteiger charge is 2.31. The zero-order valence-corrected chi connectivity index (χ0v) is 16.7. The van der Waals surface area contributed by atoms with Crippen LogP contribution in [0.5, 0.6) is 11.5 Å². The molecule has 1 aliphatic carbocycles. The summed E-state index contributed by atoms with van der Waals surface area (Å²) in [6.07, 6.45) is 2.39. The van der Waals surface area contributed by atoms with E-state index in [1.54, 1.807) is 7.11 Å². The molecule has 3 rings (SSSR count). The van der Waals surface area contributed by atoms with Crippen LogP contribution in [0.1, 0.15) is 18.5 Å². The molecule has 7 nitrogen and oxygen atoms in total. The molecule has 1 fully saturated rings. The third-order valence-electron chi connectivity index (χ3n) is 4.64. The molecule has 27 heavy (non-hydrogen) atoms. The molecule has 0 bridgehead atoms. The first-order valence-corrected chi connectivity index (χ1v) is 9.26. The quantitative estimate of drug-likeness (QED) is 0.738. The van der Waals surface area contributed by atoms with Gasteiger partial charge in [-0.1, -0.05) is 0 Å². The molecule has 1 saturated carbocycles. The van der Waals surface area contributed by atoms with Crippen LogP contribution in [0.25, 0.3) is 0 Å². The fourth-order valence-electron chi connectivity index (χ4n) is 3.34. The lowest BCUT2D eigenvalue weighted by atomic mass is 9.82. The number of aryl methyl sites for hydroxylation is 1. The van der Waals surface area contributed by atoms with Crippen LogP contribution in [0.4, 0.5) is 17.5 Å². The van der Waals surface area contributed by atoms with E-state index in [2.05, 4.69) is 39.6 Å². The summed E-state index contributed by atoms with van der Waals surface area (Å²) in [4.78, 5) is 11.1. The minimum Gasteiger partial charge on any atom is -0.493 e. The van der Waals surface area contributed by atoms with Crippen LogP contribution in [-0.2, 0) is 0 Å². The molecule has 1 heterocycles. The zero-order valence-electron chi connectivity index (χ0n) is 16.7. The van der Waals surface area contributed by atoms with Crippen LogP contribution in [0.3, 0.4) is 0 Å². The van der Waals surface area contributed by atoms with Crippen LogP contribution in [-0.4, -0.2) is 55.8 Å². The number of ether oxygens (including phenoxy) is 2. The highest BCUT2D eigenvalue weighted by molar-refractivity contribution is 5.60.